The highest BCUT2D eigenvalue weighted by atomic mass is 16.4. The molecule has 2 aromatic rings. The van der Waals surface area contributed by atoms with Crippen molar-refractivity contribution in [1.29, 1.82) is 0 Å². The number of pyridine rings is 2. The number of aliphatic carboxylic acids is 2. The van der Waals surface area contributed by atoms with Crippen LogP contribution in [0.2, 0.25) is 0 Å². The highest BCUT2D eigenvalue weighted by Crippen LogP contribution is 2.08. The lowest BCUT2D eigenvalue weighted by molar-refractivity contribution is -0.134. The molecule has 0 bridgehead atoms. The number of carboxylic acids is 2. The summed E-state index contributed by atoms with van der Waals surface area (Å²) in [6.45, 7) is 0. The first-order chi connectivity index (χ1) is 10.1. The fourth-order valence-corrected chi connectivity index (χ4v) is 1.15. The lowest BCUT2D eigenvalue weighted by Gasteiger charge is -2.02. The van der Waals surface area contributed by atoms with E-state index in [-0.39, 0.29) is 0 Å². The van der Waals surface area contributed by atoms with E-state index in [1.54, 1.807) is 12.4 Å². The Balaban J connectivity index is 0.000000240. The predicted octanol–water partition coefficient (Wildman–Crippen LogP) is 1.93. The van der Waals surface area contributed by atoms with Gasteiger partial charge >= 0.3 is 11.9 Å². The van der Waals surface area contributed by atoms with Gasteiger partial charge in [-0.25, -0.2) is 19.6 Å². The van der Waals surface area contributed by atoms with Gasteiger partial charge in [-0.15, -0.1) is 0 Å². The van der Waals surface area contributed by atoms with E-state index in [2.05, 4.69) is 15.3 Å². The summed E-state index contributed by atoms with van der Waals surface area (Å²) in [5.41, 5.74) is 0. The van der Waals surface area contributed by atoms with Crippen molar-refractivity contribution < 1.29 is 19.8 Å². The van der Waals surface area contributed by atoms with E-state index in [9.17, 15) is 9.59 Å². The zero-order chi connectivity index (χ0) is 15.5. The minimum absolute atomic E-state index is 0.558. The summed E-state index contributed by atoms with van der Waals surface area (Å²) in [5, 5.41) is 18.7. The summed E-state index contributed by atoms with van der Waals surface area (Å²) >= 11 is 0. The molecular weight excluding hydrogens is 274 g/mol. The van der Waals surface area contributed by atoms with Gasteiger partial charge in [-0.3, -0.25) is 0 Å². The molecule has 0 saturated heterocycles. The lowest BCUT2D eigenvalue weighted by Crippen LogP contribution is -1.93. The molecule has 0 radical (unpaired) electrons. The van der Waals surface area contributed by atoms with Crippen LogP contribution in [-0.2, 0) is 9.59 Å². The Labute approximate surface area is 120 Å². The predicted molar refractivity (Wildman–Crippen MR) is 76.2 cm³/mol. The third kappa shape index (κ3) is 7.73. The summed E-state index contributed by atoms with van der Waals surface area (Å²) in [6.07, 6.45) is 4.60. The van der Waals surface area contributed by atoms with Crippen LogP contribution in [0.15, 0.2) is 60.9 Å². The van der Waals surface area contributed by atoms with Gasteiger partial charge in [0.1, 0.15) is 11.6 Å². The van der Waals surface area contributed by atoms with Gasteiger partial charge in [0.05, 0.1) is 0 Å². The zero-order valence-electron chi connectivity index (χ0n) is 10.9. The van der Waals surface area contributed by atoms with Gasteiger partial charge in [0, 0.05) is 24.5 Å². The standard InChI is InChI=1S/C10H9N3.C4H4O4/c1-3-7-11-9(5-1)13-10-6-2-4-8-12-10;5-3(6)1-2-4(7)8/h1-8H,(H,11,12,13);1-2H,(H,5,6)(H,7,8)/b;2-1+. The van der Waals surface area contributed by atoms with Crippen LogP contribution in [0.4, 0.5) is 11.6 Å². The molecule has 3 N–H and O–H groups in total. The van der Waals surface area contributed by atoms with Gasteiger partial charge in [-0.2, -0.15) is 0 Å². The topological polar surface area (TPSA) is 112 Å². The maximum Gasteiger partial charge on any atom is 0.328 e. The van der Waals surface area contributed by atoms with Crippen LogP contribution in [0.25, 0.3) is 0 Å². The molecule has 7 heteroatoms. The Hall–Kier alpha value is -3.22. The molecule has 108 valence electrons. The number of anilines is 2. The van der Waals surface area contributed by atoms with E-state index in [0.29, 0.717) is 12.2 Å². The van der Waals surface area contributed by atoms with Crippen molar-refractivity contribution >= 4 is 23.6 Å². The minimum Gasteiger partial charge on any atom is -0.478 e. The van der Waals surface area contributed by atoms with Crippen LogP contribution >= 0.6 is 0 Å². The third-order valence-corrected chi connectivity index (χ3v) is 1.95. The van der Waals surface area contributed by atoms with E-state index >= 15 is 0 Å². The Kier molecular flexibility index (Phi) is 6.64. The first kappa shape index (κ1) is 15.8. The molecule has 2 heterocycles. The van der Waals surface area contributed by atoms with E-state index in [4.69, 9.17) is 10.2 Å². The van der Waals surface area contributed by atoms with Crippen molar-refractivity contribution in [3.05, 3.63) is 60.9 Å². The van der Waals surface area contributed by atoms with E-state index in [1.165, 1.54) is 0 Å². The number of carboxylic acid groups (broad SMARTS) is 2. The van der Waals surface area contributed by atoms with Gasteiger partial charge in [0.15, 0.2) is 0 Å². The summed E-state index contributed by atoms with van der Waals surface area (Å²) < 4.78 is 0. The highest BCUT2D eigenvalue weighted by molar-refractivity contribution is 5.89. The molecular formula is C14H13N3O4. The zero-order valence-corrected chi connectivity index (χ0v) is 10.9. The van der Waals surface area contributed by atoms with Crippen molar-refractivity contribution in [2.45, 2.75) is 0 Å². The second kappa shape index (κ2) is 8.81. The Morgan fingerprint density at radius 1 is 0.857 bits per heavy atom. The molecule has 0 amide bonds. The monoisotopic (exact) mass is 287 g/mol. The van der Waals surface area contributed by atoms with E-state index in [1.807, 2.05) is 36.4 Å². The molecule has 0 spiro atoms. The Morgan fingerprint density at radius 2 is 1.29 bits per heavy atom. The molecule has 0 aliphatic rings. The minimum atomic E-state index is -1.26. The summed E-state index contributed by atoms with van der Waals surface area (Å²) in [5.74, 6) is -0.901. The first-order valence-corrected chi connectivity index (χ1v) is 5.81. The summed E-state index contributed by atoms with van der Waals surface area (Å²) in [4.78, 5) is 27.4. The molecule has 0 atom stereocenters. The maximum absolute atomic E-state index is 9.55. The smallest absolute Gasteiger partial charge is 0.328 e. The second-order valence-corrected chi connectivity index (χ2v) is 3.56. The maximum atomic E-state index is 9.55. The fourth-order valence-electron chi connectivity index (χ4n) is 1.15. The van der Waals surface area contributed by atoms with Crippen LogP contribution in [0.5, 0.6) is 0 Å². The van der Waals surface area contributed by atoms with Gasteiger partial charge in [0.25, 0.3) is 0 Å². The molecule has 0 aliphatic heterocycles. The summed E-state index contributed by atoms with van der Waals surface area (Å²) in [6, 6.07) is 11.4. The van der Waals surface area contributed by atoms with Crippen LogP contribution in [-0.4, -0.2) is 32.1 Å². The van der Waals surface area contributed by atoms with Crippen molar-refractivity contribution in [1.82, 2.24) is 9.97 Å². The molecule has 0 fully saturated rings. The second-order valence-electron chi connectivity index (χ2n) is 3.56. The van der Waals surface area contributed by atoms with Crippen molar-refractivity contribution in [2.24, 2.45) is 0 Å². The van der Waals surface area contributed by atoms with Gasteiger partial charge in [-0.05, 0) is 24.3 Å². The van der Waals surface area contributed by atoms with Gasteiger partial charge in [0.2, 0.25) is 0 Å². The van der Waals surface area contributed by atoms with Gasteiger partial charge < -0.3 is 15.5 Å². The van der Waals surface area contributed by atoms with Gasteiger partial charge in [-0.1, -0.05) is 12.1 Å². The molecule has 0 unspecified atom stereocenters. The normalized spacial score (nSPS) is 9.52. The first-order valence-electron chi connectivity index (χ1n) is 5.81. The number of carbonyl (C=O) groups is 2. The quantitative estimate of drug-likeness (QED) is 0.736. The van der Waals surface area contributed by atoms with Crippen LogP contribution in [0.1, 0.15) is 0 Å². The lowest BCUT2D eigenvalue weighted by atomic mass is 10.4. The Morgan fingerprint density at radius 3 is 1.57 bits per heavy atom. The van der Waals surface area contributed by atoms with Crippen molar-refractivity contribution in [3.63, 3.8) is 0 Å². The number of rotatable bonds is 4. The van der Waals surface area contributed by atoms with E-state index < -0.39 is 11.9 Å². The van der Waals surface area contributed by atoms with Crippen molar-refractivity contribution in [3.8, 4) is 0 Å². The molecule has 0 aromatic carbocycles. The number of hydrogen-bond donors (Lipinski definition) is 3. The average Bonchev–Trinajstić information content (AvgIpc) is 2.48. The van der Waals surface area contributed by atoms with Crippen LogP contribution in [0, 0.1) is 0 Å². The number of nitrogens with one attached hydrogen (secondary N) is 1. The molecule has 21 heavy (non-hydrogen) atoms. The molecule has 2 aromatic heterocycles. The third-order valence-electron chi connectivity index (χ3n) is 1.95. The SMILES string of the molecule is O=C(O)/C=C/C(=O)O.c1ccc(Nc2ccccn2)nc1. The van der Waals surface area contributed by atoms with E-state index in [0.717, 1.165) is 11.6 Å². The van der Waals surface area contributed by atoms with Crippen LogP contribution in [0.3, 0.4) is 0 Å². The molecule has 0 saturated carbocycles. The average molecular weight is 287 g/mol. The summed E-state index contributed by atoms with van der Waals surface area (Å²) in [7, 11) is 0. The fraction of sp³-hybridized carbons (Fsp3) is 0. The number of aromatic nitrogens is 2. The molecule has 0 aliphatic carbocycles. The van der Waals surface area contributed by atoms with Crippen molar-refractivity contribution in [2.75, 3.05) is 5.32 Å². The molecule has 7 nitrogen and oxygen atoms in total. The molecule has 2 rings (SSSR count). The highest BCUT2D eigenvalue weighted by Gasteiger charge is 1.92. The largest absolute Gasteiger partial charge is 0.478 e. The number of nitrogens with zero attached hydrogens (tertiary/aromatic N) is 2. The number of hydrogen-bond acceptors (Lipinski definition) is 5. The Bertz CT molecular complexity index is 547. The van der Waals surface area contributed by atoms with Crippen LogP contribution < -0.4 is 5.32 Å².